The summed E-state index contributed by atoms with van der Waals surface area (Å²) in [4.78, 5) is 24.8. The molecule has 0 spiro atoms. The lowest BCUT2D eigenvalue weighted by Gasteiger charge is -2.28. The molecule has 0 bridgehead atoms. The number of esters is 1. The highest BCUT2D eigenvalue weighted by Crippen LogP contribution is 2.28. The highest BCUT2D eigenvalue weighted by atomic mass is 32.2. The van der Waals surface area contributed by atoms with Crippen molar-refractivity contribution >= 4 is 33.9 Å². The highest BCUT2D eigenvalue weighted by molar-refractivity contribution is 7.85. The van der Waals surface area contributed by atoms with E-state index in [1.165, 1.54) is 13.0 Å². The third-order valence-electron chi connectivity index (χ3n) is 4.16. The fourth-order valence-electron chi connectivity index (χ4n) is 2.86. The number of carbonyl (C=O) groups is 2. The van der Waals surface area contributed by atoms with Crippen molar-refractivity contribution in [1.82, 2.24) is 5.32 Å². The van der Waals surface area contributed by atoms with Gasteiger partial charge in [0.05, 0.1) is 17.8 Å². The normalized spacial score (nSPS) is 21.0. The molecule has 2 aliphatic rings. The number of benzene rings is 1. The van der Waals surface area contributed by atoms with E-state index >= 15 is 0 Å². The predicted molar refractivity (Wildman–Crippen MR) is 93.0 cm³/mol. The van der Waals surface area contributed by atoms with Crippen LogP contribution in [-0.4, -0.2) is 53.3 Å². The predicted octanol–water partition coefficient (Wildman–Crippen LogP) is 0.839. The average Bonchev–Trinajstić information content (AvgIpc) is 2.95. The number of halogens is 1. The fourth-order valence-corrected chi connectivity index (χ4v) is 3.91. The van der Waals surface area contributed by atoms with E-state index in [0.29, 0.717) is 41.4 Å². The Balaban J connectivity index is 1.76. The molecule has 0 unspecified atom stereocenters. The molecule has 6 nitrogen and oxygen atoms in total. The molecular formula is C17H19FN2O4S. The van der Waals surface area contributed by atoms with Crippen LogP contribution in [0.3, 0.4) is 0 Å². The van der Waals surface area contributed by atoms with Gasteiger partial charge in [0.2, 0.25) is 5.91 Å². The molecular weight excluding hydrogens is 347 g/mol. The molecule has 0 radical (unpaired) electrons. The number of hydrogen-bond donors (Lipinski definition) is 1. The Morgan fingerprint density at radius 3 is 2.76 bits per heavy atom. The van der Waals surface area contributed by atoms with Crippen LogP contribution >= 0.6 is 0 Å². The summed E-state index contributed by atoms with van der Waals surface area (Å²) < 4.78 is 31.1. The summed E-state index contributed by atoms with van der Waals surface area (Å²) in [6, 6.07) is 4.63. The minimum atomic E-state index is -0.826. The molecule has 1 aromatic rings. The lowest BCUT2D eigenvalue weighted by atomic mass is 10.0. The van der Waals surface area contributed by atoms with Gasteiger partial charge in [-0.25, -0.2) is 9.18 Å². The maximum atomic E-state index is 14.5. The van der Waals surface area contributed by atoms with Crippen LogP contribution in [0.2, 0.25) is 0 Å². The summed E-state index contributed by atoms with van der Waals surface area (Å²) in [5, 5.41) is 2.58. The zero-order valence-corrected chi connectivity index (χ0v) is 14.6. The van der Waals surface area contributed by atoms with Gasteiger partial charge in [-0.05, 0) is 23.8 Å². The van der Waals surface area contributed by atoms with Crippen molar-refractivity contribution in [3.05, 3.63) is 35.7 Å². The van der Waals surface area contributed by atoms with Crippen molar-refractivity contribution in [2.24, 2.45) is 0 Å². The first-order chi connectivity index (χ1) is 11.9. The second-order valence-electron chi connectivity index (χ2n) is 5.96. The quantitative estimate of drug-likeness (QED) is 0.800. The van der Waals surface area contributed by atoms with Gasteiger partial charge >= 0.3 is 5.97 Å². The summed E-state index contributed by atoms with van der Waals surface area (Å²) in [5.41, 5.74) is 1.18. The molecule has 2 heterocycles. The van der Waals surface area contributed by atoms with Crippen LogP contribution in [0, 0.1) is 5.82 Å². The van der Waals surface area contributed by atoms with Gasteiger partial charge in [-0.15, -0.1) is 0 Å². The lowest BCUT2D eigenvalue weighted by molar-refractivity contribution is -0.138. The van der Waals surface area contributed by atoms with E-state index in [4.69, 9.17) is 4.74 Å². The van der Waals surface area contributed by atoms with Crippen LogP contribution in [0.4, 0.5) is 10.1 Å². The summed E-state index contributed by atoms with van der Waals surface area (Å²) in [5.74, 6) is -0.108. The minimum Gasteiger partial charge on any atom is -0.453 e. The lowest BCUT2D eigenvalue weighted by Crippen LogP contribution is -2.38. The van der Waals surface area contributed by atoms with E-state index < -0.39 is 28.7 Å². The molecule has 1 amide bonds. The van der Waals surface area contributed by atoms with Crippen LogP contribution < -0.4 is 10.2 Å². The zero-order valence-electron chi connectivity index (χ0n) is 13.8. The molecule has 8 heteroatoms. The molecule has 0 aromatic heterocycles. The standard InChI is InChI=1S/C17H19FN2O4S/c1-11(21)19-10-13-9-14(17(22)24-13)12-2-3-16(15(18)8-12)20-4-6-25(23)7-5-20/h2-3,8-9,13H,4-7,10H2,1H3,(H,19,21)/t13-/m1/s1. The molecule has 1 fully saturated rings. The number of carbonyl (C=O) groups excluding carboxylic acids is 2. The van der Waals surface area contributed by atoms with E-state index in [2.05, 4.69) is 5.32 Å². The number of rotatable bonds is 4. The van der Waals surface area contributed by atoms with E-state index in [9.17, 15) is 18.2 Å². The van der Waals surface area contributed by atoms with Crippen molar-refractivity contribution in [2.75, 3.05) is 36.0 Å². The number of anilines is 1. The van der Waals surface area contributed by atoms with Crippen molar-refractivity contribution in [3.63, 3.8) is 0 Å². The second-order valence-corrected chi connectivity index (χ2v) is 7.66. The van der Waals surface area contributed by atoms with Crippen LogP contribution in [-0.2, 0) is 25.1 Å². The Kier molecular flexibility index (Phi) is 5.17. The minimum absolute atomic E-state index is 0.191. The molecule has 1 atom stereocenters. The Hall–Kier alpha value is -2.22. The van der Waals surface area contributed by atoms with Gasteiger partial charge in [-0.1, -0.05) is 6.07 Å². The molecule has 0 saturated carbocycles. The molecule has 3 rings (SSSR count). The smallest absolute Gasteiger partial charge is 0.339 e. The van der Waals surface area contributed by atoms with E-state index in [1.54, 1.807) is 18.2 Å². The number of nitrogens with one attached hydrogen (secondary N) is 1. The maximum absolute atomic E-state index is 14.5. The first-order valence-electron chi connectivity index (χ1n) is 8.01. The number of nitrogens with zero attached hydrogens (tertiary/aromatic N) is 1. The first-order valence-corrected chi connectivity index (χ1v) is 9.50. The number of hydrogen-bond acceptors (Lipinski definition) is 5. The van der Waals surface area contributed by atoms with Crippen molar-refractivity contribution in [3.8, 4) is 0 Å². The Morgan fingerprint density at radius 2 is 2.12 bits per heavy atom. The van der Waals surface area contributed by atoms with Gasteiger partial charge in [-0.2, -0.15) is 0 Å². The first kappa shape index (κ1) is 17.6. The summed E-state index contributed by atoms with van der Waals surface area (Å²) in [6.07, 6.45) is 1.04. The number of ether oxygens (including phenoxy) is 1. The zero-order chi connectivity index (χ0) is 18.0. The molecule has 134 valence electrons. The largest absolute Gasteiger partial charge is 0.453 e. The van der Waals surface area contributed by atoms with Gasteiger partial charge in [0, 0.05) is 42.3 Å². The molecule has 2 aliphatic heterocycles. The molecule has 25 heavy (non-hydrogen) atoms. The number of cyclic esters (lactones) is 1. The Bertz CT molecular complexity index is 755. The Morgan fingerprint density at radius 1 is 1.40 bits per heavy atom. The summed E-state index contributed by atoms with van der Waals surface area (Å²) in [6.45, 7) is 2.67. The van der Waals surface area contributed by atoms with Crippen LogP contribution in [0.15, 0.2) is 24.3 Å². The fraction of sp³-hybridized carbons (Fsp3) is 0.412. The van der Waals surface area contributed by atoms with Crippen molar-refractivity contribution < 1.29 is 22.9 Å². The van der Waals surface area contributed by atoms with Crippen LogP contribution in [0.5, 0.6) is 0 Å². The Labute approximate surface area is 147 Å². The van der Waals surface area contributed by atoms with E-state index in [-0.39, 0.29) is 12.5 Å². The van der Waals surface area contributed by atoms with Crippen molar-refractivity contribution in [2.45, 2.75) is 13.0 Å². The van der Waals surface area contributed by atoms with E-state index in [0.717, 1.165) is 0 Å². The van der Waals surface area contributed by atoms with Gasteiger partial charge < -0.3 is 15.0 Å². The average molecular weight is 366 g/mol. The molecule has 0 aliphatic carbocycles. The summed E-state index contributed by atoms with van der Waals surface area (Å²) in [7, 11) is -0.826. The van der Waals surface area contributed by atoms with Crippen LogP contribution in [0.25, 0.3) is 5.57 Å². The molecule has 1 aromatic carbocycles. The summed E-state index contributed by atoms with van der Waals surface area (Å²) >= 11 is 0. The van der Waals surface area contributed by atoms with Gasteiger partial charge in [0.15, 0.2) is 0 Å². The monoisotopic (exact) mass is 366 g/mol. The van der Waals surface area contributed by atoms with Crippen LogP contribution in [0.1, 0.15) is 12.5 Å². The van der Waals surface area contributed by atoms with Gasteiger partial charge in [0.25, 0.3) is 0 Å². The third kappa shape index (κ3) is 4.07. The SMILES string of the molecule is CC(=O)NC[C@H]1C=C(c2ccc(N3CCS(=O)CC3)c(F)c2)C(=O)O1. The molecule has 1 saturated heterocycles. The second kappa shape index (κ2) is 7.35. The topological polar surface area (TPSA) is 75.7 Å². The molecule has 1 N–H and O–H groups in total. The third-order valence-corrected chi connectivity index (χ3v) is 5.44. The van der Waals surface area contributed by atoms with E-state index in [1.807, 2.05) is 4.90 Å². The maximum Gasteiger partial charge on any atom is 0.339 e. The highest BCUT2D eigenvalue weighted by Gasteiger charge is 2.27. The number of amides is 1. The van der Waals surface area contributed by atoms with Gasteiger partial charge in [0.1, 0.15) is 11.9 Å². The van der Waals surface area contributed by atoms with Crippen molar-refractivity contribution in [1.29, 1.82) is 0 Å². The van der Waals surface area contributed by atoms with Gasteiger partial charge in [-0.3, -0.25) is 9.00 Å².